The van der Waals surface area contributed by atoms with E-state index in [-0.39, 0.29) is 16.9 Å². The van der Waals surface area contributed by atoms with Crippen LogP contribution in [0.15, 0.2) is 18.2 Å². The van der Waals surface area contributed by atoms with Crippen molar-refractivity contribution in [1.82, 2.24) is 4.90 Å². The van der Waals surface area contributed by atoms with Gasteiger partial charge in [-0.3, -0.25) is 0 Å². The Morgan fingerprint density at radius 3 is 2.61 bits per heavy atom. The number of hydrogen-bond acceptors (Lipinski definition) is 2. The van der Waals surface area contributed by atoms with E-state index in [1.807, 2.05) is 6.07 Å². The van der Waals surface area contributed by atoms with Gasteiger partial charge >= 0.3 is 0 Å². The van der Waals surface area contributed by atoms with E-state index in [1.54, 1.807) is 6.07 Å². The Morgan fingerprint density at radius 2 is 2.00 bits per heavy atom. The quantitative estimate of drug-likeness (QED) is 0.827. The highest BCUT2D eigenvalue weighted by Crippen LogP contribution is 2.21. The number of benzene rings is 1. The summed E-state index contributed by atoms with van der Waals surface area (Å²) < 4.78 is 13.3. The van der Waals surface area contributed by atoms with Gasteiger partial charge in [-0.1, -0.05) is 37.6 Å². The van der Waals surface area contributed by atoms with Crippen molar-refractivity contribution in [2.24, 2.45) is 5.73 Å². The molecule has 0 aliphatic rings. The van der Waals surface area contributed by atoms with Crippen LogP contribution in [0.2, 0.25) is 5.02 Å². The first-order chi connectivity index (χ1) is 8.58. The molecule has 0 bridgehead atoms. The molecule has 0 fully saturated rings. The van der Waals surface area contributed by atoms with Crippen LogP contribution in [0, 0.1) is 5.82 Å². The highest BCUT2D eigenvalue weighted by atomic mass is 35.5. The highest BCUT2D eigenvalue weighted by Gasteiger charge is 2.11. The monoisotopic (exact) mass is 272 g/mol. The number of hydrogen-bond donors (Lipinski definition) is 1. The third-order valence-electron chi connectivity index (χ3n) is 3.22. The van der Waals surface area contributed by atoms with Crippen molar-refractivity contribution >= 4 is 11.6 Å². The first-order valence-electron chi connectivity index (χ1n) is 6.49. The Kier molecular flexibility index (Phi) is 6.61. The van der Waals surface area contributed by atoms with E-state index in [0.29, 0.717) is 6.42 Å². The van der Waals surface area contributed by atoms with Crippen molar-refractivity contribution in [3.05, 3.63) is 34.6 Å². The van der Waals surface area contributed by atoms with Gasteiger partial charge in [-0.25, -0.2) is 4.39 Å². The molecule has 1 aromatic carbocycles. The molecule has 102 valence electrons. The molecule has 2 nitrogen and oxygen atoms in total. The molecule has 2 N–H and O–H groups in total. The predicted molar refractivity (Wildman–Crippen MR) is 75.5 cm³/mol. The van der Waals surface area contributed by atoms with Crippen LogP contribution in [0.25, 0.3) is 0 Å². The standard InChI is InChI=1S/C14H22ClFN2/c1-3-18(4-2)9-8-12(17)10-11-6-5-7-13(16)14(11)15/h5-7,12H,3-4,8-10,17H2,1-2H3. The Hall–Kier alpha value is -0.640. The number of halogens is 2. The van der Waals surface area contributed by atoms with Crippen LogP contribution in [-0.4, -0.2) is 30.6 Å². The van der Waals surface area contributed by atoms with E-state index < -0.39 is 0 Å². The van der Waals surface area contributed by atoms with Crippen molar-refractivity contribution in [2.75, 3.05) is 19.6 Å². The largest absolute Gasteiger partial charge is 0.327 e. The smallest absolute Gasteiger partial charge is 0.142 e. The lowest BCUT2D eigenvalue weighted by molar-refractivity contribution is 0.290. The maximum absolute atomic E-state index is 13.3. The Morgan fingerprint density at radius 1 is 1.33 bits per heavy atom. The maximum Gasteiger partial charge on any atom is 0.142 e. The SMILES string of the molecule is CCN(CC)CCC(N)Cc1cccc(F)c1Cl. The Labute approximate surface area is 114 Å². The van der Waals surface area contributed by atoms with Gasteiger partial charge in [0.2, 0.25) is 0 Å². The lowest BCUT2D eigenvalue weighted by Gasteiger charge is -2.20. The lowest BCUT2D eigenvalue weighted by atomic mass is 10.0. The molecule has 0 saturated heterocycles. The van der Waals surface area contributed by atoms with Crippen LogP contribution >= 0.6 is 11.6 Å². The summed E-state index contributed by atoms with van der Waals surface area (Å²) in [5.41, 5.74) is 6.87. The van der Waals surface area contributed by atoms with Gasteiger partial charge < -0.3 is 10.6 Å². The molecule has 1 rings (SSSR count). The summed E-state index contributed by atoms with van der Waals surface area (Å²) in [4.78, 5) is 2.33. The minimum atomic E-state index is -0.370. The molecule has 0 radical (unpaired) electrons. The molecule has 0 amide bonds. The molecule has 0 saturated carbocycles. The fourth-order valence-electron chi connectivity index (χ4n) is 1.98. The van der Waals surface area contributed by atoms with Gasteiger partial charge in [-0.15, -0.1) is 0 Å². The first-order valence-corrected chi connectivity index (χ1v) is 6.87. The van der Waals surface area contributed by atoms with Crippen molar-refractivity contribution in [2.45, 2.75) is 32.7 Å². The van der Waals surface area contributed by atoms with Crippen LogP contribution in [0.4, 0.5) is 4.39 Å². The molecule has 0 spiro atoms. The zero-order valence-electron chi connectivity index (χ0n) is 11.1. The summed E-state index contributed by atoms with van der Waals surface area (Å²) in [6.45, 7) is 7.31. The Bertz CT molecular complexity index is 367. The lowest BCUT2D eigenvalue weighted by Crippen LogP contribution is -2.31. The average molecular weight is 273 g/mol. The van der Waals surface area contributed by atoms with Gasteiger partial charge in [0, 0.05) is 6.04 Å². The molecular weight excluding hydrogens is 251 g/mol. The highest BCUT2D eigenvalue weighted by molar-refractivity contribution is 6.31. The van der Waals surface area contributed by atoms with Gasteiger partial charge in [0.25, 0.3) is 0 Å². The summed E-state index contributed by atoms with van der Waals surface area (Å²) in [5.74, 6) is -0.370. The molecule has 1 atom stereocenters. The van der Waals surface area contributed by atoms with Crippen molar-refractivity contribution < 1.29 is 4.39 Å². The predicted octanol–water partition coefficient (Wildman–Crippen LogP) is 3.08. The van der Waals surface area contributed by atoms with Crippen molar-refractivity contribution in [1.29, 1.82) is 0 Å². The number of nitrogens with two attached hydrogens (primary N) is 1. The minimum Gasteiger partial charge on any atom is -0.327 e. The van der Waals surface area contributed by atoms with Gasteiger partial charge in [-0.2, -0.15) is 0 Å². The third kappa shape index (κ3) is 4.56. The Balaban J connectivity index is 2.49. The second-order valence-electron chi connectivity index (χ2n) is 4.49. The summed E-state index contributed by atoms with van der Waals surface area (Å²) in [5, 5.41) is 0.204. The molecule has 0 aromatic heterocycles. The summed E-state index contributed by atoms with van der Waals surface area (Å²) in [6.07, 6.45) is 1.52. The molecule has 1 aromatic rings. The van der Waals surface area contributed by atoms with Gasteiger partial charge in [0.1, 0.15) is 5.82 Å². The first kappa shape index (κ1) is 15.4. The van der Waals surface area contributed by atoms with Crippen molar-refractivity contribution in [3.8, 4) is 0 Å². The molecule has 0 aliphatic carbocycles. The molecule has 4 heteroatoms. The van der Waals surface area contributed by atoms with Crippen LogP contribution in [0.3, 0.4) is 0 Å². The topological polar surface area (TPSA) is 29.3 Å². The van der Waals surface area contributed by atoms with Gasteiger partial charge in [0.15, 0.2) is 0 Å². The molecule has 0 aliphatic heterocycles. The van der Waals surface area contributed by atoms with E-state index in [1.165, 1.54) is 6.07 Å². The van der Waals surface area contributed by atoms with E-state index in [4.69, 9.17) is 17.3 Å². The summed E-state index contributed by atoms with van der Waals surface area (Å²) in [7, 11) is 0. The zero-order chi connectivity index (χ0) is 13.5. The second-order valence-corrected chi connectivity index (χ2v) is 4.87. The summed E-state index contributed by atoms with van der Waals surface area (Å²) >= 11 is 5.91. The van der Waals surface area contributed by atoms with Crippen LogP contribution in [0.5, 0.6) is 0 Å². The van der Waals surface area contributed by atoms with Crippen LogP contribution in [0.1, 0.15) is 25.8 Å². The van der Waals surface area contributed by atoms with Crippen molar-refractivity contribution in [3.63, 3.8) is 0 Å². The average Bonchev–Trinajstić information content (AvgIpc) is 2.36. The van der Waals surface area contributed by atoms with E-state index >= 15 is 0 Å². The minimum absolute atomic E-state index is 0.0184. The fourth-order valence-corrected chi connectivity index (χ4v) is 2.18. The van der Waals surface area contributed by atoms with Gasteiger partial charge in [0.05, 0.1) is 5.02 Å². The second kappa shape index (κ2) is 7.72. The van der Waals surface area contributed by atoms with E-state index in [0.717, 1.165) is 31.6 Å². The molecule has 18 heavy (non-hydrogen) atoms. The molecular formula is C14H22ClFN2. The number of rotatable bonds is 7. The molecule has 1 unspecified atom stereocenters. The van der Waals surface area contributed by atoms with E-state index in [9.17, 15) is 4.39 Å². The molecule has 0 heterocycles. The van der Waals surface area contributed by atoms with Crippen LogP contribution in [-0.2, 0) is 6.42 Å². The van der Waals surface area contributed by atoms with E-state index in [2.05, 4.69) is 18.7 Å². The fraction of sp³-hybridized carbons (Fsp3) is 0.571. The van der Waals surface area contributed by atoms with Gasteiger partial charge in [-0.05, 0) is 44.1 Å². The number of nitrogens with zero attached hydrogens (tertiary/aromatic N) is 1. The van der Waals surface area contributed by atoms with Crippen LogP contribution < -0.4 is 5.73 Å². The zero-order valence-corrected chi connectivity index (χ0v) is 11.9. The third-order valence-corrected chi connectivity index (χ3v) is 3.65. The maximum atomic E-state index is 13.3. The summed E-state index contributed by atoms with van der Waals surface area (Å²) in [6, 6.07) is 4.90. The normalized spacial score (nSPS) is 13.0.